The highest BCUT2D eigenvalue weighted by atomic mass is 32.2. The summed E-state index contributed by atoms with van der Waals surface area (Å²) in [6.07, 6.45) is 1.09. The van der Waals surface area contributed by atoms with Gasteiger partial charge < -0.3 is 15.7 Å². The van der Waals surface area contributed by atoms with E-state index in [0.717, 1.165) is 16.8 Å². The minimum atomic E-state index is -1.42. The van der Waals surface area contributed by atoms with E-state index in [1.165, 1.54) is 36.9 Å². The molecule has 0 unspecified atom stereocenters. The van der Waals surface area contributed by atoms with Crippen LogP contribution in [-0.4, -0.2) is 39.1 Å². The molecule has 1 saturated heterocycles. The number of rotatable bonds is 3. The van der Waals surface area contributed by atoms with Crippen LogP contribution in [0.15, 0.2) is 23.3 Å². The molecule has 0 saturated carbocycles. The Kier molecular flexibility index (Phi) is 4.56. The number of aromatic nitrogens is 2. The van der Waals surface area contributed by atoms with Crippen LogP contribution >= 0.6 is 23.1 Å². The van der Waals surface area contributed by atoms with Crippen LogP contribution in [0.3, 0.4) is 0 Å². The van der Waals surface area contributed by atoms with Crippen molar-refractivity contribution < 1.29 is 9.50 Å². The number of nitrogens with two attached hydrogens (primary N) is 1. The average molecular weight is 419 g/mol. The summed E-state index contributed by atoms with van der Waals surface area (Å²) in [5.41, 5.74) is 4.02. The minimum absolute atomic E-state index is 0.0401. The predicted molar refractivity (Wildman–Crippen MR) is 108 cm³/mol. The molecule has 2 aromatic rings. The molecule has 4 heterocycles. The van der Waals surface area contributed by atoms with Crippen molar-refractivity contribution in [2.45, 2.75) is 25.0 Å². The number of halogens is 1. The van der Waals surface area contributed by atoms with E-state index in [2.05, 4.69) is 16.0 Å². The van der Waals surface area contributed by atoms with E-state index in [0.29, 0.717) is 29.1 Å². The van der Waals surface area contributed by atoms with Crippen LogP contribution in [0, 0.1) is 23.1 Å². The van der Waals surface area contributed by atoms with Gasteiger partial charge in [-0.1, -0.05) is 11.8 Å². The summed E-state index contributed by atoms with van der Waals surface area (Å²) < 4.78 is 14.1. The van der Waals surface area contributed by atoms with Gasteiger partial charge in [0.1, 0.15) is 27.8 Å². The van der Waals surface area contributed by atoms with Gasteiger partial charge in [0, 0.05) is 23.1 Å². The van der Waals surface area contributed by atoms with E-state index in [-0.39, 0.29) is 11.6 Å². The quantitative estimate of drug-likeness (QED) is 0.786. The number of thioether (sulfide) groups is 1. The molecule has 1 fully saturated rings. The molecular formula is C18H19FN6OS2. The van der Waals surface area contributed by atoms with E-state index in [1.54, 1.807) is 6.07 Å². The van der Waals surface area contributed by atoms with Gasteiger partial charge in [-0.05, 0) is 26.0 Å². The molecule has 0 aromatic carbocycles. The van der Waals surface area contributed by atoms with E-state index < -0.39 is 17.0 Å². The number of nitrogens with zero attached hydrogens (tertiary/aromatic N) is 5. The molecule has 10 heteroatoms. The standard InChI is InChI=1S/C18H19FN6OS2/c1-17(2,26)14-12(19)6-22-16(23-14)25-7-10-8-27-15(21)24-18(10,9-25)13-4-3-11(5-20)28-13/h3-4,6,10,26H,7-9H2,1-2H3,(H2,21,24)/t10-,18-/m0/s1. The van der Waals surface area contributed by atoms with Crippen molar-refractivity contribution in [2.24, 2.45) is 16.6 Å². The molecule has 4 rings (SSSR count). The molecule has 0 bridgehead atoms. The van der Waals surface area contributed by atoms with E-state index >= 15 is 0 Å². The zero-order valence-corrected chi connectivity index (χ0v) is 17.0. The van der Waals surface area contributed by atoms with Crippen molar-refractivity contribution in [3.05, 3.63) is 39.6 Å². The van der Waals surface area contributed by atoms with Crippen LogP contribution in [0.4, 0.5) is 10.3 Å². The third-order valence-electron chi connectivity index (χ3n) is 5.03. The molecule has 3 N–H and O–H groups in total. The Bertz CT molecular complexity index is 995. The Hall–Kier alpha value is -2.22. The summed E-state index contributed by atoms with van der Waals surface area (Å²) in [5.74, 6) is 0.639. The van der Waals surface area contributed by atoms with Crippen LogP contribution in [0.2, 0.25) is 0 Å². The number of anilines is 1. The summed E-state index contributed by atoms with van der Waals surface area (Å²) in [7, 11) is 0. The van der Waals surface area contributed by atoms with Crippen LogP contribution in [0.25, 0.3) is 0 Å². The zero-order valence-electron chi connectivity index (χ0n) is 15.4. The second-order valence-electron chi connectivity index (χ2n) is 7.46. The third-order valence-corrected chi connectivity index (χ3v) is 7.14. The van der Waals surface area contributed by atoms with Crippen LogP contribution in [-0.2, 0) is 11.1 Å². The van der Waals surface area contributed by atoms with Gasteiger partial charge in [0.2, 0.25) is 5.95 Å². The highest BCUT2D eigenvalue weighted by Crippen LogP contribution is 2.48. The fourth-order valence-corrected chi connectivity index (χ4v) is 5.68. The maximum absolute atomic E-state index is 14.1. The Labute approximate surface area is 170 Å². The van der Waals surface area contributed by atoms with Gasteiger partial charge in [0.05, 0.1) is 12.7 Å². The smallest absolute Gasteiger partial charge is 0.225 e. The SMILES string of the molecule is CC(C)(O)c1nc(N2C[C@H]3CSC(N)=N[C@@]3(c3ccc(C#N)s3)C2)ncc1F. The van der Waals surface area contributed by atoms with Crippen LogP contribution in [0.5, 0.6) is 0 Å². The van der Waals surface area contributed by atoms with E-state index in [1.807, 2.05) is 11.0 Å². The number of thiophene rings is 1. The first-order valence-electron chi connectivity index (χ1n) is 8.72. The largest absolute Gasteiger partial charge is 0.384 e. The first-order valence-corrected chi connectivity index (χ1v) is 10.5. The second kappa shape index (κ2) is 6.69. The lowest BCUT2D eigenvalue weighted by Gasteiger charge is -2.33. The van der Waals surface area contributed by atoms with Gasteiger partial charge in [-0.15, -0.1) is 11.3 Å². The Morgan fingerprint density at radius 2 is 2.25 bits per heavy atom. The monoisotopic (exact) mass is 418 g/mol. The number of hydrogen-bond acceptors (Lipinski definition) is 9. The fourth-order valence-electron chi connectivity index (χ4n) is 3.69. The maximum atomic E-state index is 14.1. The number of hydrogen-bond donors (Lipinski definition) is 2. The molecule has 2 aliphatic heterocycles. The van der Waals surface area contributed by atoms with E-state index in [4.69, 9.17) is 10.7 Å². The predicted octanol–water partition coefficient (Wildman–Crippen LogP) is 2.17. The number of aliphatic imine (C=N–C) groups is 1. The topological polar surface area (TPSA) is 111 Å². The number of fused-ring (bicyclic) bond motifs is 1. The summed E-state index contributed by atoms with van der Waals surface area (Å²) in [5, 5.41) is 19.9. The molecule has 28 heavy (non-hydrogen) atoms. The Morgan fingerprint density at radius 1 is 1.46 bits per heavy atom. The van der Waals surface area contributed by atoms with Gasteiger partial charge in [-0.3, -0.25) is 0 Å². The lowest BCUT2D eigenvalue weighted by molar-refractivity contribution is 0.0693. The number of amidine groups is 1. The average Bonchev–Trinajstić information content (AvgIpc) is 3.26. The Balaban J connectivity index is 1.75. The molecule has 0 amide bonds. The van der Waals surface area contributed by atoms with Gasteiger partial charge in [-0.25, -0.2) is 19.4 Å². The van der Waals surface area contributed by atoms with Gasteiger partial charge in [0.15, 0.2) is 11.0 Å². The third kappa shape index (κ3) is 3.13. The van der Waals surface area contributed by atoms with Crippen LogP contribution in [0.1, 0.15) is 29.3 Å². The lowest BCUT2D eigenvalue weighted by Crippen LogP contribution is -2.39. The molecule has 2 aromatic heterocycles. The van der Waals surface area contributed by atoms with Crippen molar-refractivity contribution in [3.8, 4) is 6.07 Å². The molecule has 2 aliphatic rings. The summed E-state index contributed by atoms with van der Waals surface area (Å²) in [6.45, 7) is 4.08. The first kappa shape index (κ1) is 19.1. The summed E-state index contributed by atoms with van der Waals surface area (Å²) in [4.78, 5) is 16.8. The number of nitriles is 1. The zero-order chi connectivity index (χ0) is 20.1. The maximum Gasteiger partial charge on any atom is 0.225 e. The highest BCUT2D eigenvalue weighted by molar-refractivity contribution is 8.13. The molecule has 146 valence electrons. The lowest BCUT2D eigenvalue weighted by atomic mass is 9.87. The highest BCUT2D eigenvalue weighted by Gasteiger charge is 2.51. The van der Waals surface area contributed by atoms with Gasteiger partial charge in [-0.2, -0.15) is 5.26 Å². The van der Waals surface area contributed by atoms with Crippen molar-refractivity contribution in [2.75, 3.05) is 23.7 Å². The number of aliphatic hydroxyl groups is 1. The molecule has 0 spiro atoms. The van der Waals surface area contributed by atoms with Gasteiger partial charge >= 0.3 is 0 Å². The summed E-state index contributed by atoms with van der Waals surface area (Å²) >= 11 is 2.92. The molecule has 0 radical (unpaired) electrons. The van der Waals surface area contributed by atoms with Crippen molar-refractivity contribution in [1.82, 2.24) is 9.97 Å². The second-order valence-corrected chi connectivity index (χ2v) is 9.59. The van der Waals surface area contributed by atoms with Crippen molar-refractivity contribution >= 4 is 34.2 Å². The Morgan fingerprint density at radius 3 is 2.93 bits per heavy atom. The van der Waals surface area contributed by atoms with Crippen molar-refractivity contribution in [3.63, 3.8) is 0 Å². The molecular weight excluding hydrogens is 399 g/mol. The van der Waals surface area contributed by atoms with Gasteiger partial charge in [0.25, 0.3) is 0 Å². The first-order chi connectivity index (χ1) is 13.2. The van der Waals surface area contributed by atoms with Crippen molar-refractivity contribution in [1.29, 1.82) is 5.26 Å². The normalized spacial score (nSPS) is 24.6. The summed E-state index contributed by atoms with van der Waals surface area (Å²) in [6, 6.07) is 5.90. The molecule has 7 nitrogen and oxygen atoms in total. The minimum Gasteiger partial charge on any atom is -0.384 e. The molecule has 0 aliphatic carbocycles. The van der Waals surface area contributed by atoms with Crippen LogP contribution < -0.4 is 10.6 Å². The fraction of sp³-hybridized carbons (Fsp3) is 0.444. The molecule has 2 atom stereocenters. The van der Waals surface area contributed by atoms with E-state index in [9.17, 15) is 14.8 Å².